The van der Waals surface area contributed by atoms with E-state index in [-0.39, 0.29) is 22.5 Å². The van der Waals surface area contributed by atoms with Crippen molar-refractivity contribution in [3.63, 3.8) is 0 Å². The maximum Gasteiger partial charge on any atom is 0.280 e. The monoisotopic (exact) mass is 569 g/mol. The molecule has 0 radical (unpaired) electrons. The first-order valence-electron chi connectivity index (χ1n) is 12.2. The summed E-state index contributed by atoms with van der Waals surface area (Å²) in [6.45, 7) is 1.20. The van der Waals surface area contributed by atoms with Gasteiger partial charge in [0, 0.05) is 31.4 Å². The number of rotatable bonds is 12. The number of oxime groups is 1. The van der Waals surface area contributed by atoms with E-state index in [4.69, 9.17) is 9.57 Å². The van der Waals surface area contributed by atoms with Crippen LogP contribution in [0.4, 0.5) is 5.13 Å². The third-order valence-corrected chi connectivity index (χ3v) is 8.98. The summed E-state index contributed by atoms with van der Waals surface area (Å²) >= 11 is 1.19. The fourth-order valence-corrected chi connectivity index (χ4v) is 6.13. The summed E-state index contributed by atoms with van der Waals surface area (Å²) in [5, 5.41) is 14.1. The second-order valence-corrected chi connectivity index (χ2v) is 12.1. The summed E-state index contributed by atoms with van der Waals surface area (Å²) in [4.78, 5) is 28.5. The van der Waals surface area contributed by atoms with E-state index >= 15 is 0 Å². The van der Waals surface area contributed by atoms with Gasteiger partial charge >= 0.3 is 0 Å². The Morgan fingerprint density at radius 1 is 1.15 bits per heavy atom. The number of thiazole rings is 1. The fraction of sp³-hybridized carbons (Fsp3) is 0.320. The lowest BCUT2D eigenvalue weighted by Gasteiger charge is -2.08. The Bertz CT molecular complexity index is 1610. The van der Waals surface area contributed by atoms with Crippen LogP contribution in [0, 0.1) is 0 Å². The van der Waals surface area contributed by atoms with E-state index in [2.05, 4.69) is 30.9 Å². The van der Waals surface area contributed by atoms with E-state index in [0.29, 0.717) is 58.6 Å². The summed E-state index contributed by atoms with van der Waals surface area (Å²) in [5.41, 5.74) is 1.60. The number of fused-ring (bicyclic) bond motifs is 1. The van der Waals surface area contributed by atoms with Crippen LogP contribution in [0.3, 0.4) is 0 Å². The van der Waals surface area contributed by atoms with Crippen LogP contribution in [0.1, 0.15) is 24.1 Å². The summed E-state index contributed by atoms with van der Waals surface area (Å²) in [7, 11) is 0.257. The number of sulfone groups is 1. The molecule has 204 valence electrons. The second-order valence-electron chi connectivity index (χ2n) is 8.86. The van der Waals surface area contributed by atoms with Crippen molar-refractivity contribution < 1.29 is 22.8 Å². The Hall–Kier alpha value is -3.88. The number of nitrogens with zero attached hydrogens (tertiary/aromatic N) is 5. The molecule has 5 rings (SSSR count). The Morgan fingerprint density at radius 3 is 2.64 bits per heavy atom. The topological polar surface area (TPSA) is 150 Å². The van der Waals surface area contributed by atoms with Crippen LogP contribution in [0.25, 0.3) is 10.3 Å². The van der Waals surface area contributed by atoms with Crippen LogP contribution >= 0.6 is 11.3 Å². The molecule has 0 unspecified atom stereocenters. The normalized spacial score (nSPS) is 13.9. The van der Waals surface area contributed by atoms with Crippen LogP contribution in [0.15, 0.2) is 58.7 Å². The quantitative estimate of drug-likeness (QED) is 0.149. The van der Waals surface area contributed by atoms with E-state index in [1.54, 1.807) is 48.3 Å². The highest BCUT2D eigenvalue weighted by molar-refractivity contribution is 7.92. The van der Waals surface area contributed by atoms with Crippen LogP contribution in [-0.4, -0.2) is 65.2 Å². The number of ether oxygens (including phenoxy) is 1. The molecule has 1 aliphatic rings. The summed E-state index contributed by atoms with van der Waals surface area (Å²) < 4.78 is 32.4. The van der Waals surface area contributed by atoms with E-state index in [1.807, 2.05) is 7.05 Å². The van der Waals surface area contributed by atoms with Crippen molar-refractivity contribution in [2.45, 2.75) is 29.6 Å². The van der Waals surface area contributed by atoms with E-state index in [0.717, 1.165) is 0 Å². The molecule has 1 fully saturated rings. The molecule has 0 spiro atoms. The maximum absolute atomic E-state index is 13.3. The van der Waals surface area contributed by atoms with Gasteiger partial charge in [-0.2, -0.15) is 5.10 Å². The van der Waals surface area contributed by atoms with Crippen molar-refractivity contribution in [1.29, 1.82) is 0 Å². The smallest absolute Gasteiger partial charge is 0.280 e. The summed E-state index contributed by atoms with van der Waals surface area (Å²) in [6, 6.07) is 11.3. The summed E-state index contributed by atoms with van der Waals surface area (Å²) in [6.07, 6.45) is 3.11. The number of likely N-dealkylation sites (N-methyl/N-ethyl adjacent to an activating group) is 1. The number of aryl methyl sites for hydroxylation is 1. The van der Waals surface area contributed by atoms with Crippen LogP contribution < -0.4 is 15.4 Å². The Labute approximate surface area is 229 Å². The summed E-state index contributed by atoms with van der Waals surface area (Å²) in [5.74, 6) is -0.107. The van der Waals surface area contributed by atoms with Gasteiger partial charge in [-0.1, -0.05) is 28.6 Å². The number of pyridine rings is 1. The zero-order valence-corrected chi connectivity index (χ0v) is 23.0. The van der Waals surface area contributed by atoms with Gasteiger partial charge in [0.15, 0.2) is 27.3 Å². The molecule has 2 N–H and O–H groups in total. The minimum Gasteiger partial charge on any atom is -0.476 e. The van der Waals surface area contributed by atoms with Crippen molar-refractivity contribution in [2.75, 3.05) is 25.5 Å². The van der Waals surface area contributed by atoms with Crippen LogP contribution in [0.2, 0.25) is 0 Å². The average Bonchev–Trinajstić information content (AvgIpc) is 3.60. The molecule has 1 saturated carbocycles. The predicted molar refractivity (Wildman–Crippen MR) is 147 cm³/mol. The molecule has 39 heavy (non-hydrogen) atoms. The number of amides is 1. The number of nitrogens with one attached hydrogen (secondary N) is 2. The number of benzene rings is 1. The third kappa shape index (κ3) is 6.41. The van der Waals surface area contributed by atoms with Gasteiger partial charge in [0.1, 0.15) is 22.6 Å². The number of carbonyl (C=O) groups excluding carboxylic acids is 1. The van der Waals surface area contributed by atoms with Gasteiger partial charge in [-0.05, 0) is 44.2 Å². The van der Waals surface area contributed by atoms with Gasteiger partial charge in [0.2, 0.25) is 5.88 Å². The second kappa shape index (κ2) is 11.5. The highest BCUT2D eigenvalue weighted by Crippen LogP contribution is 2.33. The van der Waals surface area contributed by atoms with E-state index < -0.39 is 15.7 Å². The molecule has 3 aromatic heterocycles. The molecule has 12 nitrogen and oxygen atoms in total. The molecule has 1 aromatic carbocycles. The van der Waals surface area contributed by atoms with Crippen molar-refractivity contribution >= 4 is 48.3 Å². The molecular formula is C25H27N7O5S2. The average molecular weight is 570 g/mol. The van der Waals surface area contributed by atoms with E-state index in [1.165, 1.54) is 23.5 Å². The molecule has 3 heterocycles. The van der Waals surface area contributed by atoms with Gasteiger partial charge < -0.3 is 14.9 Å². The van der Waals surface area contributed by atoms with E-state index in [9.17, 15) is 13.2 Å². The Kier molecular flexibility index (Phi) is 7.86. The highest BCUT2D eigenvalue weighted by Gasteiger charge is 2.36. The van der Waals surface area contributed by atoms with Gasteiger partial charge in [-0.3, -0.25) is 14.8 Å². The van der Waals surface area contributed by atoms with Crippen molar-refractivity contribution in [3.05, 3.63) is 59.9 Å². The molecule has 0 atom stereocenters. The minimum atomic E-state index is -3.36. The van der Waals surface area contributed by atoms with Crippen LogP contribution in [-0.2, 0) is 33.1 Å². The van der Waals surface area contributed by atoms with Gasteiger partial charge in [0.25, 0.3) is 5.91 Å². The van der Waals surface area contributed by atoms with Crippen molar-refractivity contribution in [3.8, 4) is 5.88 Å². The number of anilines is 1. The number of carbonyl (C=O) groups is 1. The van der Waals surface area contributed by atoms with Gasteiger partial charge in [0.05, 0.1) is 10.1 Å². The number of aromatic nitrogens is 4. The first kappa shape index (κ1) is 26.7. The van der Waals surface area contributed by atoms with Crippen molar-refractivity contribution in [1.82, 2.24) is 25.1 Å². The van der Waals surface area contributed by atoms with Crippen molar-refractivity contribution in [2.24, 2.45) is 12.2 Å². The molecular weight excluding hydrogens is 542 g/mol. The molecule has 4 aromatic rings. The lowest BCUT2D eigenvalue weighted by atomic mass is 10.1. The third-order valence-electron chi connectivity index (χ3n) is 5.82. The zero-order valence-electron chi connectivity index (χ0n) is 21.3. The lowest BCUT2D eigenvalue weighted by molar-refractivity contribution is -0.110. The molecule has 0 aliphatic heterocycles. The lowest BCUT2D eigenvalue weighted by Crippen LogP contribution is -2.24. The highest BCUT2D eigenvalue weighted by atomic mass is 32.2. The molecule has 0 bridgehead atoms. The number of hydrogen-bond acceptors (Lipinski definition) is 11. The molecule has 14 heteroatoms. The Morgan fingerprint density at radius 2 is 1.95 bits per heavy atom. The molecule has 1 aliphatic carbocycles. The largest absolute Gasteiger partial charge is 0.476 e. The van der Waals surface area contributed by atoms with Gasteiger partial charge in [-0.25, -0.2) is 18.4 Å². The zero-order chi connectivity index (χ0) is 27.4. The standard InChI is InChI=1S/C25H27N7O5S2/c1-26-12-14-36-21-10-9-20-24(28-21)38-25(27-20)29-23(33)22(31-37-15-17-11-13-32(2)30-17)16-3-5-18(6-4-16)39(34,35)19-7-8-19/h3-6,9-11,13,19,26H,7-8,12,14-15H2,1-2H3,(H,27,29,33). The maximum atomic E-state index is 13.3. The first-order valence-corrected chi connectivity index (χ1v) is 14.6. The SMILES string of the molecule is CNCCOc1ccc2nc(NC(=O)C(=NOCc3ccn(C)n3)c3ccc(S(=O)(=O)C4CC4)cc3)sc2n1. The number of hydrogen-bond donors (Lipinski definition) is 2. The Balaban J connectivity index is 1.36. The first-order chi connectivity index (χ1) is 18.8. The van der Waals surface area contributed by atoms with Gasteiger partial charge in [-0.15, -0.1) is 0 Å². The van der Waals surface area contributed by atoms with Crippen LogP contribution in [0.5, 0.6) is 5.88 Å². The predicted octanol–water partition coefficient (Wildman–Crippen LogP) is 2.52. The minimum absolute atomic E-state index is 0.0374. The fourth-order valence-electron chi connectivity index (χ4n) is 3.65. The molecule has 1 amide bonds. The molecule has 0 saturated heterocycles.